The van der Waals surface area contributed by atoms with Crippen LogP contribution in [0.15, 0.2) is 54.7 Å². The highest BCUT2D eigenvalue weighted by atomic mass is 32.1. The van der Waals surface area contributed by atoms with E-state index in [1.165, 1.54) is 29.8 Å². The first-order valence-electron chi connectivity index (χ1n) is 10.4. The van der Waals surface area contributed by atoms with Crippen molar-refractivity contribution in [3.05, 3.63) is 77.4 Å². The first-order chi connectivity index (χ1) is 14.6. The molecule has 0 amide bonds. The van der Waals surface area contributed by atoms with E-state index in [1.807, 2.05) is 36.5 Å². The summed E-state index contributed by atoms with van der Waals surface area (Å²) in [5.74, 6) is 0.818. The maximum atomic E-state index is 5.84. The van der Waals surface area contributed by atoms with E-state index in [4.69, 9.17) is 17.0 Å². The van der Waals surface area contributed by atoms with Crippen LogP contribution in [0.4, 0.5) is 5.69 Å². The molecule has 0 bridgehead atoms. The minimum Gasteiger partial charge on any atom is -0.497 e. The predicted molar refractivity (Wildman–Crippen MR) is 123 cm³/mol. The molecule has 1 saturated heterocycles. The monoisotopic (exact) mass is 418 g/mol. The number of rotatable bonds is 5. The molecule has 3 heterocycles. The first-order valence-corrected chi connectivity index (χ1v) is 10.8. The number of methoxy groups -OCH3 is 1. The van der Waals surface area contributed by atoms with E-state index in [9.17, 15) is 0 Å². The second kappa shape index (κ2) is 7.43. The van der Waals surface area contributed by atoms with E-state index in [0.717, 1.165) is 17.1 Å². The minimum atomic E-state index is -0.0296. The number of nitrogens with zero attached hydrogens (tertiary/aromatic N) is 3. The van der Waals surface area contributed by atoms with Crippen molar-refractivity contribution in [1.82, 2.24) is 14.9 Å². The summed E-state index contributed by atoms with van der Waals surface area (Å²) in [6.07, 6.45) is 4.37. The van der Waals surface area contributed by atoms with Gasteiger partial charge >= 0.3 is 0 Å². The molecule has 1 aromatic carbocycles. The van der Waals surface area contributed by atoms with Gasteiger partial charge < -0.3 is 19.5 Å². The summed E-state index contributed by atoms with van der Waals surface area (Å²) in [6.45, 7) is 4.45. The van der Waals surface area contributed by atoms with Gasteiger partial charge in [0.2, 0.25) is 0 Å². The molecule has 5 rings (SSSR count). The molecule has 1 saturated carbocycles. The molecule has 1 N–H and O–H groups in total. The molecule has 5 nitrogen and oxygen atoms in total. The number of nitrogens with one attached hydrogen (secondary N) is 1. The average Bonchev–Trinajstić information content (AvgIpc) is 3.47. The van der Waals surface area contributed by atoms with E-state index >= 15 is 0 Å². The van der Waals surface area contributed by atoms with Crippen molar-refractivity contribution in [2.24, 2.45) is 0 Å². The molecular formula is C24H26N4OS. The number of pyridine rings is 1. The van der Waals surface area contributed by atoms with Gasteiger partial charge in [-0.1, -0.05) is 12.1 Å². The zero-order valence-electron chi connectivity index (χ0n) is 17.5. The summed E-state index contributed by atoms with van der Waals surface area (Å²) < 4.78 is 7.98. The van der Waals surface area contributed by atoms with Crippen LogP contribution in [0.25, 0.3) is 0 Å². The lowest BCUT2D eigenvalue weighted by molar-refractivity contribution is 0.415. The first kappa shape index (κ1) is 19.1. The molecule has 2 aliphatic rings. The van der Waals surface area contributed by atoms with Gasteiger partial charge in [0.15, 0.2) is 5.11 Å². The van der Waals surface area contributed by atoms with Gasteiger partial charge in [0, 0.05) is 35.4 Å². The smallest absolute Gasteiger partial charge is 0.174 e. The topological polar surface area (TPSA) is 42.3 Å². The van der Waals surface area contributed by atoms with E-state index < -0.39 is 0 Å². The van der Waals surface area contributed by atoms with Gasteiger partial charge in [-0.25, -0.2) is 0 Å². The Morgan fingerprint density at radius 1 is 1.10 bits per heavy atom. The number of benzene rings is 1. The highest BCUT2D eigenvalue weighted by Crippen LogP contribution is 2.46. The molecule has 1 aliphatic heterocycles. The van der Waals surface area contributed by atoms with Crippen LogP contribution in [-0.4, -0.2) is 21.8 Å². The molecule has 6 heteroatoms. The van der Waals surface area contributed by atoms with Gasteiger partial charge in [-0.15, -0.1) is 0 Å². The Labute approximate surface area is 182 Å². The van der Waals surface area contributed by atoms with Gasteiger partial charge in [0.25, 0.3) is 0 Å². The maximum Gasteiger partial charge on any atom is 0.174 e. The number of thiocarbonyl (C=S) groups is 1. The predicted octanol–water partition coefficient (Wildman–Crippen LogP) is 5.02. The number of aromatic nitrogens is 2. The van der Waals surface area contributed by atoms with Crippen LogP contribution < -0.4 is 15.0 Å². The van der Waals surface area contributed by atoms with Crippen molar-refractivity contribution in [2.45, 2.75) is 44.8 Å². The van der Waals surface area contributed by atoms with Crippen LogP contribution in [0.1, 0.15) is 53.6 Å². The minimum absolute atomic E-state index is 0.0122. The molecule has 154 valence electrons. The Hall–Kier alpha value is -2.86. The average molecular weight is 419 g/mol. The summed E-state index contributed by atoms with van der Waals surface area (Å²) in [5.41, 5.74) is 5.94. The molecule has 2 aromatic heterocycles. The standard InChI is InChI=1S/C24H26N4OS/c1-15-13-20(16(2)27(15)17-10-11-17)23-22(21-9-4-5-12-25-21)26-24(30)28(23)18-7-6-8-19(14-18)29-3/h4-9,12-14,17,22-23H,10-11H2,1-3H3,(H,26,30)/t22-,23-/m0/s1. The van der Waals surface area contributed by atoms with Crippen molar-refractivity contribution >= 4 is 23.0 Å². The van der Waals surface area contributed by atoms with E-state index in [2.05, 4.69) is 51.8 Å². The Balaban J connectivity index is 1.66. The highest BCUT2D eigenvalue weighted by molar-refractivity contribution is 7.80. The maximum absolute atomic E-state index is 5.84. The lowest BCUT2D eigenvalue weighted by Crippen LogP contribution is -2.29. The van der Waals surface area contributed by atoms with Gasteiger partial charge in [-0.05, 0) is 74.8 Å². The Kier molecular flexibility index (Phi) is 4.74. The second-order valence-electron chi connectivity index (χ2n) is 8.13. The van der Waals surface area contributed by atoms with Crippen molar-refractivity contribution in [3.8, 4) is 5.75 Å². The Morgan fingerprint density at radius 2 is 1.93 bits per heavy atom. The molecule has 30 heavy (non-hydrogen) atoms. The molecule has 0 unspecified atom stereocenters. The SMILES string of the molecule is COc1cccc(N2C(=S)N[C@@H](c3ccccn3)[C@@H]2c2cc(C)n(C3CC3)c2C)c1. The Bertz CT molecular complexity index is 1090. The normalized spacial score (nSPS) is 21.0. The van der Waals surface area contributed by atoms with Crippen LogP contribution in [-0.2, 0) is 0 Å². The van der Waals surface area contributed by atoms with Crippen LogP contribution in [0.3, 0.4) is 0 Å². The summed E-state index contributed by atoms with van der Waals surface area (Å²) >= 11 is 5.84. The second-order valence-corrected chi connectivity index (χ2v) is 8.51. The molecule has 2 atom stereocenters. The van der Waals surface area contributed by atoms with Crippen LogP contribution in [0, 0.1) is 13.8 Å². The molecule has 0 radical (unpaired) electrons. The summed E-state index contributed by atoms with van der Waals surface area (Å²) in [4.78, 5) is 6.88. The van der Waals surface area contributed by atoms with Crippen molar-refractivity contribution < 1.29 is 4.74 Å². The van der Waals surface area contributed by atoms with Gasteiger partial charge in [0.1, 0.15) is 5.75 Å². The number of ether oxygens (including phenoxy) is 1. The highest BCUT2D eigenvalue weighted by Gasteiger charge is 2.43. The van der Waals surface area contributed by atoms with Gasteiger partial charge in [0.05, 0.1) is 24.9 Å². The van der Waals surface area contributed by atoms with Crippen molar-refractivity contribution in [3.63, 3.8) is 0 Å². The number of hydrogen-bond donors (Lipinski definition) is 1. The summed E-state index contributed by atoms with van der Waals surface area (Å²) in [5, 5.41) is 4.26. The molecule has 3 aromatic rings. The molecule has 0 spiro atoms. The van der Waals surface area contributed by atoms with Crippen LogP contribution in [0.5, 0.6) is 5.75 Å². The third kappa shape index (κ3) is 3.16. The van der Waals surface area contributed by atoms with Gasteiger partial charge in [-0.3, -0.25) is 4.98 Å². The van der Waals surface area contributed by atoms with Crippen LogP contribution in [0.2, 0.25) is 0 Å². The lowest BCUT2D eigenvalue weighted by Gasteiger charge is -2.28. The summed E-state index contributed by atoms with van der Waals surface area (Å²) in [6, 6.07) is 17.1. The fourth-order valence-electron chi connectivity index (χ4n) is 4.71. The van der Waals surface area contributed by atoms with E-state index in [1.54, 1.807) is 7.11 Å². The van der Waals surface area contributed by atoms with E-state index in [-0.39, 0.29) is 12.1 Å². The largest absolute Gasteiger partial charge is 0.497 e. The van der Waals surface area contributed by atoms with Crippen molar-refractivity contribution in [1.29, 1.82) is 0 Å². The number of hydrogen-bond acceptors (Lipinski definition) is 3. The van der Waals surface area contributed by atoms with E-state index in [0.29, 0.717) is 11.2 Å². The Morgan fingerprint density at radius 3 is 2.63 bits per heavy atom. The third-order valence-corrected chi connectivity index (χ3v) is 6.50. The lowest BCUT2D eigenvalue weighted by atomic mass is 9.96. The molecule has 2 fully saturated rings. The van der Waals surface area contributed by atoms with Gasteiger partial charge in [-0.2, -0.15) is 0 Å². The zero-order chi connectivity index (χ0) is 20.8. The fraction of sp³-hybridized carbons (Fsp3) is 0.333. The fourth-order valence-corrected chi connectivity index (χ4v) is 5.05. The molecule has 1 aliphatic carbocycles. The zero-order valence-corrected chi connectivity index (χ0v) is 18.3. The number of aryl methyl sites for hydroxylation is 1. The quantitative estimate of drug-likeness (QED) is 0.589. The molecular weight excluding hydrogens is 392 g/mol. The van der Waals surface area contributed by atoms with Crippen molar-refractivity contribution in [2.75, 3.05) is 12.0 Å². The third-order valence-electron chi connectivity index (χ3n) is 6.18. The number of anilines is 1. The van der Waals surface area contributed by atoms with Crippen LogP contribution >= 0.6 is 12.2 Å². The summed E-state index contributed by atoms with van der Waals surface area (Å²) in [7, 11) is 1.69.